The first-order chi connectivity index (χ1) is 5.83. The van der Waals surface area contributed by atoms with E-state index in [0.29, 0.717) is 0 Å². The van der Waals surface area contributed by atoms with Gasteiger partial charge in [-0.25, -0.2) is 0 Å². The van der Waals surface area contributed by atoms with Gasteiger partial charge in [0.15, 0.2) is 0 Å². The van der Waals surface area contributed by atoms with Gasteiger partial charge in [-0.05, 0) is 24.7 Å². The second-order valence-corrected chi connectivity index (χ2v) is 4.20. The van der Waals surface area contributed by atoms with E-state index in [2.05, 4.69) is 13.8 Å². The van der Waals surface area contributed by atoms with Gasteiger partial charge in [0.2, 0.25) is 0 Å². The lowest BCUT2D eigenvalue weighted by atomic mass is 10.1. The summed E-state index contributed by atoms with van der Waals surface area (Å²) in [6, 6.07) is 0. The molecule has 0 aromatic carbocycles. The first-order valence-corrected chi connectivity index (χ1v) is 5.40. The fourth-order valence-corrected chi connectivity index (χ4v) is 1.73. The Kier molecular flexibility index (Phi) is 4.67. The largest absolute Gasteiger partial charge is 0.381 e. The monoisotopic (exact) mass is 170 g/mol. The molecule has 0 amide bonds. The van der Waals surface area contributed by atoms with Gasteiger partial charge < -0.3 is 4.74 Å². The van der Waals surface area contributed by atoms with Crippen molar-refractivity contribution in [2.75, 3.05) is 13.2 Å². The predicted octanol–water partition coefficient (Wildman–Crippen LogP) is 3.24. The summed E-state index contributed by atoms with van der Waals surface area (Å²) in [7, 11) is 0. The van der Waals surface area contributed by atoms with E-state index in [-0.39, 0.29) is 0 Å². The number of rotatable bonds is 5. The Morgan fingerprint density at radius 1 is 1.33 bits per heavy atom. The van der Waals surface area contributed by atoms with Crippen molar-refractivity contribution in [1.82, 2.24) is 0 Å². The fourth-order valence-electron chi connectivity index (χ4n) is 1.73. The van der Waals surface area contributed by atoms with Gasteiger partial charge in [-0.1, -0.05) is 33.1 Å². The lowest BCUT2D eigenvalue weighted by molar-refractivity contribution is 0.0761. The molecule has 1 rings (SSSR count). The van der Waals surface area contributed by atoms with Gasteiger partial charge in [0.05, 0.1) is 0 Å². The van der Waals surface area contributed by atoms with Crippen molar-refractivity contribution >= 4 is 0 Å². The molecule has 1 atom stereocenters. The van der Waals surface area contributed by atoms with E-state index in [9.17, 15) is 0 Å². The van der Waals surface area contributed by atoms with Crippen LogP contribution in [0.4, 0.5) is 0 Å². The first kappa shape index (κ1) is 10.0. The minimum atomic E-state index is 0.742. The molecule has 0 spiro atoms. The van der Waals surface area contributed by atoms with Crippen LogP contribution in [0.25, 0.3) is 0 Å². The van der Waals surface area contributed by atoms with Gasteiger partial charge in [-0.2, -0.15) is 0 Å². The van der Waals surface area contributed by atoms with Crippen LogP contribution in [0, 0.1) is 11.8 Å². The Hall–Kier alpha value is -0.0400. The SMILES string of the molecule is CCC(C)COCC1CCCC1. The van der Waals surface area contributed by atoms with Crippen LogP contribution in [0.2, 0.25) is 0 Å². The summed E-state index contributed by atoms with van der Waals surface area (Å²) in [5.41, 5.74) is 0. The van der Waals surface area contributed by atoms with Crippen molar-refractivity contribution in [3.63, 3.8) is 0 Å². The Bertz CT molecular complexity index is 106. The summed E-state index contributed by atoms with van der Waals surface area (Å²) in [5.74, 6) is 1.63. The van der Waals surface area contributed by atoms with Crippen LogP contribution in [-0.4, -0.2) is 13.2 Å². The van der Waals surface area contributed by atoms with Gasteiger partial charge in [0, 0.05) is 13.2 Å². The number of hydrogen-bond donors (Lipinski definition) is 0. The molecule has 1 saturated carbocycles. The van der Waals surface area contributed by atoms with Crippen LogP contribution in [0.3, 0.4) is 0 Å². The van der Waals surface area contributed by atoms with Gasteiger partial charge in [0.25, 0.3) is 0 Å². The summed E-state index contributed by atoms with van der Waals surface area (Å²) in [5, 5.41) is 0. The molecule has 12 heavy (non-hydrogen) atoms. The molecule has 72 valence electrons. The van der Waals surface area contributed by atoms with E-state index in [1.807, 2.05) is 0 Å². The topological polar surface area (TPSA) is 9.23 Å². The molecule has 1 fully saturated rings. The first-order valence-electron chi connectivity index (χ1n) is 5.40. The van der Waals surface area contributed by atoms with Crippen molar-refractivity contribution in [2.24, 2.45) is 11.8 Å². The highest BCUT2D eigenvalue weighted by atomic mass is 16.5. The number of hydrogen-bond acceptors (Lipinski definition) is 1. The zero-order valence-corrected chi connectivity index (χ0v) is 8.51. The normalized spacial score (nSPS) is 21.5. The zero-order chi connectivity index (χ0) is 8.81. The molecular formula is C11H22O. The Morgan fingerprint density at radius 2 is 2.00 bits per heavy atom. The highest BCUT2D eigenvalue weighted by Crippen LogP contribution is 2.24. The summed E-state index contributed by atoms with van der Waals surface area (Å²) >= 11 is 0. The molecule has 0 aromatic heterocycles. The van der Waals surface area contributed by atoms with Gasteiger partial charge in [0.1, 0.15) is 0 Å². The highest BCUT2D eigenvalue weighted by molar-refractivity contribution is 4.66. The molecular weight excluding hydrogens is 148 g/mol. The van der Waals surface area contributed by atoms with E-state index in [1.165, 1.54) is 32.1 Å². The summed E-state index contributed by atoms with van der Waals surface area (Å²) in [6.45, 7) is 6.47. The average Bonchev–Trinajstić information content (AvgIpc) is 2.57. The third-order valence-electron chi connectivity index (χ3n) is 2.93. The lowest BCUT2D eigenvalue weighted by Gasteiger charge is -2.12. The molecule has 0 radical (unpaired) electrons. The Morgan fingerprint density at radius 3 is 2.58 bits per heavy atom. The maximum atomic E-state index is 5.67. The lowest BCUT2D eigenvalue weighted by Crippen LogP contribution is -2.10. The molecule has 1 unspecified atom stereocenters. The Balaban J connectivity index is 1.94. The van der Waals surface area contributed by atoms with Crippen LogP contribution in [0.1, 0.15) is 46.0 Å². The van der Waals surface area contributed by atoms with Gasteiger partial charge in [-0.3, -0.25) is 0 Å². The molecule has 1 aliphatic rings. The van der Waals surface area contributed by atoms with Crippen LogP contribution >= 0.6 is 0 Å². The highest BCUT2D eigenvalue weighted by Gasteiger charge is 2.14. The van der Waals surface area contributed by atoms with Gasteiger partial charge in [-0.15, -0.1) is 0 Å². The third-order valence-corrected chi connectivity index (χ3v) is 2.93. The fraction of sp³-hybridized carbons (Fsp3) is 1.00. The van der Waals surface area contributed by atoms with E-state index in [0.717, 1.165) is 25.0 Å². The standard InChI is InChI=1S/C11H22O/c1-3-10(2)8-12-9-11-6-4-5-7-11/h10-11H,3-9H2,1-2H3. The van der Waals surface area contributed by atoms with Crippen LogP contribution in [-0.2, 0) is 4.74 Å². The zero-order valence-electron chi connectivity index (χ0n) is 8.51. The minimum absolute atomic E-state index is 0.742. The second kappa shape index (κ2) is 5.58. The van der Waals surface area contributed by atoms with Crippen molar-refractivity contribution in [1.29, 1.82) is 0 Å². The summed E-state index contributed by atoms with van der Waals surface area (Å²) in [6.07, 6.45) is 6.90. The molecule has 0 N–H and O–H groups in total. The molecule has 0 bridgehead atoms. The van der Waals surface area contributed by atoms with Crippen molar-refractivity contribution in [2.45, 2.75) is 46.0 Å². The average molecular weight is 170 g/mol. The maximum Gasteiger partial charge on any atom is 0.0494 e. The molecule has 0 heterocycles. The molecule has 0 saturated heterocycles. The smallest absolute Gasteiger partial charge is 0.0494 e. The van der Waals surface area contributed by atoms with Crippen LogP contribution in [0.5, 0.6) is 0 Å². The maximum absolute atomic E-state index is 5.67. The molecule has 1 heteroatoms. The van der Waals surface area contributed by atoms with Crippen molar-refractivity contribution in [3.8, 4) is 0 Å². The van der Waals surface area contributed by atoms with Gasteiger partial charge >= 0.3 is 0 Å². The van der Waals surface area contributed by atoms with E-state index >= 15 is 0 Å². The van der Waals surface area contributed by atoms with E-state index < -0.39 is 0 Å². The van der Waals surface area contributed by atoms with Crippen LogP contribution in [0.15, 0.2) is 0 Å². The summed E-state index contributed by atoms with van der Waals surface area (Å²) < 4.78 is 5.67. The quantitative estimate of drug-likeness (QED) is 0.615. The number of ether oxygens (including phenoxy) is 1. The van der Waals surface area contributed by atoms with E-state index in [1.54, 1.807) is 0 Å². The molecule has 1 nitrogen and oxygen atoms in total. The molecule has 0 aliphatic heterocycles. The molecule has 1 aliphatic carbocycles. The second-order valence-electron chi connectivity index (χ2n) is 4.20. The van der Waals surface area contributed by atoms with Crippen LogP contribution < -0.4 is 0 Å². The predicted molar refractivity (Wildman–Crippen MR) is 52.2 cm³/mol. The summed E-state index contributed by atoms with van der Waals surface area (Å²) in [4.78, 5) is 0. The van der Waals surface area contributed by atoms with E-state index in [4.69, 9.17) is 4.74 Å². The van der Waals surface area contributed by atoms with Crippen molar-refractivity contribution < 1.29 is 4.74 Å². The molecule has 0 aromatic rings. The Labute approximate surface area is 76.5 Å². The minimum Gasteiger partial charge on any atom is -0.381 e. The van der Waals surface area contributed by atoms with Crippen molar-refractivity contribution in [3.05, 3.63) is 0 Å². The third kappa shape index (κ3) is 3.57.